The van der Waals surface area contributed by atoms with Gasteiger partial charge in [0.2, 0.25) is 5.95 Å². The third-order valence-electron chi connectivity index (χ3n) is 3.99. The number of alkyl halides is 2. The van der Waals surface area contributed by atoms with Crippen LogP contribution < -0.4 is 14.8 Å². The minimum absolute atomic E-state index is 0.106. The topological polar surface area (TPSA) is 89.1 Å². The SMILES string of the molecule is O=C(Nc1nc2cc3c(cc2[nH]1)OC(F)(F)O3)c1csc(-c2ccccc2)n1. The predicted octanol–water partition coefficient (Wildman–Crippen LogP) is 4.26. The van der Waals surface area contributed by atoms with Crippen LogP contribution in [0.15, 0.2) is 47.8 Å². The molecular weight excluding hydrogens is 390 g/mol. The lowest BCUT2D eigenvalue weighted by molar-refractivity contribution is -0.286. The number of amides is 1. The smallest absolute Gasteiger partial charge is 0.395 e. The number of aromatic amines is 1. The molecule has 2 aromatic heterocycles. The Labute approximate surface area is 160 Å². The van der Waals surface area contributed by atoms with Crippen molar-refractivity contribution >= 4 is 34.2 Å². The molecule has 1 amide bonds. The number of hydrogen-bond acceptors (Lipinski definition) is 6. The maximum atomic E-state index is 13.1. The molecule has 1 aliphatic heterocycles. The van der Waals surface area contributed by atoms with Gasteiger partial charge in [0.1, 0.15) is 10.7 Å². The van der Waals surface area contributed by atoms with E-state index in [-0.39, 0.29) is 23.1 Å². The number of fused-ring (bicyclic) bond motifs is 2. The van der Waals surface area contributed by atoms with Gasteiger partial charge >= 0.3 is 6.29 Å². The quantitative estimate of drug-likeness (QED) is 0.536. The Morgan fingerprint density at radius 1 is 1.11 bits per heavy atom. The Balaban J connectivity index is 1.37. The third-order valence-corrected chi connectivity index (χ3v) is 4.89. The molecule has 0 radical (unpaired) electrons. The van der Waals surface area contributed by atoms with Gasteiger partial charge in [0, 0.05) is 23.1 Å². The van der Waals surface area contributed by atoms with Gasteiger partial charge in [0.25, 0.3) is 5.91 Å². The third kappa shape index (κ3) is 2.93. The zero-order chi connectivity index (χ0) is 19.3. The van der Waals surface area contributed by atoms with Crippen molar-refractivity contribution in [3.63, 3.8) is 0 Å². The zero-order valence-electron chi connectivity index (χ0n) is 13.9. The molecule has 5 rings (SSSR count). The van der Waals surface area contributed by atoms with Crippen molar-refractivity contribution < 1.29 is 23.0 Å². The number of rotatable bonds is 3. The van der Waals surface area contributed by atoms with Crippen LogP contribution in [0.2, 0.25) is 0 Å². The van der Waals surface area contributed by atoms with Gasteiger partial charge in [0.15, 0.2) is 11.5 Å². The second-order valence-electron chi connectivity index (χ2n) is 5.93. The summed E-state index contributed by atoms with van der Waals surface area (Å²) < 4.78 is 35.0. The number of nitrogens with one attached hydrogen (secondary N) is 2. The van der Waals surface area contributed by atoms with Gasteiger partial charge < -0.3 is 14.5 Å². The largest absolute Gasteiger partial charge is 0.586 e. The first-order chi connectivity index (χ1) is 13.5. The molecule has 0 spiro atoms. The van der Waals surface area contributed by atoms with Gasteiger partial charge in [-0.25, -0.2) is 9.97 Å². The fraction of sp³-hybridized carbons (Fsp3) is 0.0556. The number of imidazole rings is 1. The molecule has 2 N–H and O–H groups in total. The van der Waals surface area contributed by atoms with E-state index < -0.39 is 12.2 Å². The minimum Gasteiger partial charge on any atom is -0.395 e. The summed E-state index contributed by atoms with van der Waals surface area (Å²) in [7, 11) is 0. The summed E-state index contributed by atoms with van der Waals surface area (Å²) in [5, 5.41) is 4.99. The Kier molecular flexibility index (Phi) is 3.56. The van der Waals surface area contributed by atoms with Gasteiger partial charge in [0.05, 0.1) is 11.0 Å². The van der Waals surface area contributed by atoms with E-state index in [1.807, 2.05) is 30.3 Å². The molecular formula is C18H10F2N4O3S. The van der Waals surface area contributed by atoms with Crippen LogP contribution in [0, 0.1) is 0 Å². The van der Waals surface area contributed by atoms with E-state index in [9.17, 15) is 13.6 Å². The van der Waals surface area contributed by atoms with Crippen molar-refractivity contribution in [2.24, 2.45) is 0 Å². The molecule has 140 valence electrons. The highest BCUT2D eigenvalue weighted by atomic mass is 32.1. The molecule has 0 bridgehead atoms. The molecule has 10 heteroatoms. The van der Waals surface area contributed by atoms with Crippen LogP contribution in [-0.2, 0) is 0 Å². The average Bonchev–Trinajstić information content (AvgIpc) is 3.35. The lowest BCUT2D eigenvalue weighted by Crippen LogP contribution is -2.25. The number of benzene rings is 2. The molecule has 3 heterocycles. The predicted molar refractivity (Wildman–Crippen MR) is 97.8 cm³/mol. The normalized spacial score (nSPS) is 14.4. The first kappa shape index (κ1) is 16.6. The Hall–Kier alpha value is -3.53. The molecule has 4 aromatic rings. The van der Waals surface area contributed by atoms with Crippen molar-refractivity contribution in [2.75, 3.05) is 5.32 Å². The molecule has 0 atom stereocenters. The highest BCUT2D eigenvalue weighted by molar-refractivity contribution is 7.13. The maximum absolute atomic E-state index is 13.1. The van der Waals surface area contributed by atoms with Crippen molar-refractivity contribution in [1.82, 2.24) is 15.0 Å². The van der Waals surface area contributed by atoms with Crippen LogP contribution in [0.5, 0.6) is 11.5 Å². The van der Waals surface area contributed by atoms with E-state index in [4.69, 9.17) is 0 Å². The number of anilines is 1. The molecule has 0 fully saturated rings. The molecule has 0 aliphatic carbocycles. The van der Waals surface area contributed by atoms with E-state index in [2.05, 4.69) is 29.7 Å². The van der Waals surface area contributed by atoms with Crippen LogP contribution in [0.3, 0.4) is 0 Å². The number of ether oxygens (including phenoxy) is 2. The highest BCUT2D eigenvalue weighted by Crippen LogP contribution is 2.42. The molecule has 1 aliphatic rings. The van der Waals surface area contributed by atoms with Crippen molar-refractivity contribution in [1.29, 1.82) is 0 Å². The summed E-state index contributed by atoms with van der Waals surface area (Å²) in [5.74, 6) is -0.506. The van der Waals surface area contributed by atoms with Gasteiger partial charge in [-0.1, -0.05) is 30.3 Å². The van der Waals surface area contributed by atoms with E-state index >= 15 is 0 Å². The number of carbonyl (C=O) groups excluding carboxylic acids is 1. The van der Waals surface area contributed by atoms with Crippen LogP contribution in [0.1, 0.15) is 10.5 Å². The molecule has 0 saturated carbocycles. The molecule has 0 saturated heterocycles. The lowest BCUT2D eigenvalue weighted by atomic mass is 10.2. The molecule has 7 nitrogen and oxygen atoms in total. The van der Waals surface area contributed by atoms with Crippen LogP contribution >= 0.6 is 11.3 Å². The van der Waals surface area contributed by atoms with Crippen molar-refractivity contribution in [2.45, 2.75) is 6.29 Å². The summed E-state index contributed by atoms with van der Waals surface area (Å²) in [6, 6.07) is 12.2. The van der Waals surface area contributed by atoms with Crippen LogP contribution in [-0.4, -0.2) is 27.2 Å². The van der Waals surface area contributed by atoms with E-state index in [0.717, 1.165) is 10.6 Å². The van der Waals surface area contributed by atoms with Crippen LogP contribution in [0.4, 0.5) is 14.7 Å². The number of carbonyl (C=O) groups is 1. The fourth-order valence-electron chi connectivity index (χ4n) is 2.78. The number of H-pyrrole nitrogens is 1. The summed E-state index contributed by atoms with van der Waals surface area (Å²) in [5.41, 5.74) is 1.93. The average molecular weight is 400 g/mol. The fourth-order valence-corrected chi connectivity index (χ4v) is 3.58. The van der Waals surface area contributed by atoms with Crippen molar-refractivity contribution in [3.8, 4) is 22.1 Å². The highest BCUT2D eigenvalue weighted by Gasteiger charge is 2.43. The monoisotopic (exact) mass is 400 g/mol. The lowest BCUT2D eigenvalue weighted by Gasteiger charge is -2.04. The van der Waals surface area contributed by atoms with Gasteiger partial charge in [-0.3, -0.25) is 10.1 Å². The maximum Gasteiger partial charge on any atom is 0.586 e. The number of thiazole rings is 1. The number of halogens is 2. The Bertz CT molecular complexity index is 1160. The van der Waals surface area contributed by atoms with Gasteiger partial charge in [-0.15, -0.1) is 20.1 Å². The second kappa shape index (κ2) is 5.99. The van der Waals surface area contributed by atoms with Crippen LogP contribution in [0.25, 0.3) is 21.6 Å². The number of nitrogens with zero attached hydrogens (tertiary/aromatic N) is 2. The van der Waals surface area contributed by atoms with E-state index in [1.54, 1.807) is 5.38 Å². The van der Waals surface area contributed by atoms with E-state index in [1.165, 1.54) is 23.5 Å². The zero-order valence-corrected chi connectivity index (χ0v) is 14.7. The number of hydrogen-bond donors (Lipinski definition) is 2. The first-order valence-electron chi connectivity index (χ1n) is 8.09. The Morgan fingerprint density at radius 2 is 1.86 bits per heavy atom. The van der Waals surface area contributed by atoms with Gasteiger partial charge in [-0.2, -0.15) is 0 Å². The minimum atomic E-state index is -3.70. The number of aromatic nitrogens is 3. The first-order valence-corrected chi connectivity index (χ1v) is 8.97. The van der Waals surface area contributed by atoms with E-state index in [0.29, 0.717) is 11.0 Å². The van der Waals surface area contributed by atoms with Gasteiger partial charge in [-0.05, 0) is 0 Å². The summed E-state index contributed by atoms with van der Waals surface area (Å²) in [4.78, 5) is 23.8. The summed E-state index contributed by atoms with van der Waals surface area (Å²) in [6.45, 7) is 0. The molecule has 2 aromatic carbocycles. The Morgan fingerprint density at radius 3 is 2.64 bits per heavy atom. The summed E-state index contributed by atoms with van der Waals surface area (Å²) in [6.07, 6.45) is -3.70. The molecule has 28 heavy (non-hydrogen) atoms. The van der Waals surface area contributed by atoms with Crippen molar-refractivity contribution in [3.05, 3.63) is 53.5 Å². The summed E-state index contributed by atoms with van der Waals surface area (Å²) >= 11 is 1.35. The standard InChI is InChI=1S/C18H10F2N4O3S/c19-18(20)26-13-6-10-11(7-14(13)27-18)23-17(22-10)24-15(25)12-8-28-16(21-12)9-4-2-1-3-5-9/h1-8H,(H2,22,23,24,25). The second-order valence-corrected chi connectivity index (χ2v) is 6.79. The molecule has 0 unspecified atom stereocenters.